The number of aliphatic hydroxyl groups is 1. The molecule has 72 valence electrons. The Labute approximate surface area is 76.8 Å². The minimum Gasteiger partial charge on any atom is -0.396 e. The molecule has 0 fully saturated rings. The van der Waals surface area contributed by atoms with E-state index in [-0.39, 0.29) is 18.1 Å². The first-order valence-corrected chi connectivity index (χ1v) is 4.29. The molecule has 0 aromatic carbocycles. The summed E-state index contributed by atoms with van der Waals surface area (Å²) in [4.78, 5) is 11.2. The SMILES string of the molecule is Cc1ccc(=O)n(CC(C)CO)n1. The molecule has 0 aliphatic carbocycles. The molecule has 0 saturated carbocycles. The van der Waals surface area contributed by atoms with Gasteiger partial charge in [0.25, 0.3) is 5.56 Å². The Kier molecular flexibility index (Phi) is 3.19. The van der Waals surface area contributed by atoms with Crippen molar-refractivity contribution in [2.24, 2.45) is 5.92 Å². The lowest BCUT2D eigenvalue weighted by atomic mass is 10.2. The Balaban J connectivity index is 2.87. The summed E-state index contributed by atoms with van der Waals surface area (Å²) in [5.41, 5.74) is 0.690. The van der Waals surface area contributed by atoms with Gasteiger partial charge < -0.3 is 5.11 Å². The van der Waals surface area contributed by atoms with Crippen LogP contribution >= 0.6 is 0 Å². The zero-order chi connectivity index (χ0) is 9.84. The second-order valence-corrected chi connectivity index (χ2v) is 3.28. The Morgan fingerprint density at radius 1 is 1.62 bits per heavy atom. The van der Waals surface area contributed by atoms with Crippen molar-refractivity contribution in [3.63, 3.8) is 0 Å². The summed E-state index contributed by atoms with van der Waals surface area (Å²) >= 11 is 0. The van der Waals surface area contributed by atoms with Crippen LogP contribution in [0.1, 0.15) is 12.6 Å². The molecule has 1 rings (SSSR count). The van der Waals surface area contributed by atoms with E-state index in [0.29, 0.717) is 6.54 Å². The van der Waals surface area contributed by atoms with Gasteiger partial charge in [-0.05, 0) is 18.9 Å². The van der Waals surface area contributed by atoms with Gasteiger partial charge in [-0.15, -0.1) is 0 Å². The van der Waals surface area contributed by atoms with Crippen LogP contribution in [-0.2, 0) is 6.54 Å². The number of nitrogens with zero attached hydrogens (tertiary/aromatic N) is 2. The van der Waals surface area contributed by atoms with Gasteiger partial charge in [0.1, 0.15) is 0 Å². The van der Waals surface area contributed by atoms with Gasteiger partial charge in [-0.25, -0.2) is 4.68 Å². The number of rotatable bonds is 3. The first kappa shape index (κ1) is 9.92. The van der Waals surface area contributed by atoms with Crippen LogP contribution in [0, 0.1) is 12.8 Å². The zero-order valence-corrected chi connectivity index (χ0v) is 7.90. The van der Waals surface area contributed by atoms with E-state index in [1.165, 1.54) is 10.7 Å². The summed E-state index contributed by atoms with van der Waals surface area (Å²) in [6.07, 6.45) is 0. The summed E-state index contributed by atoms with van der Waals surface area (Å²) in [6.45, 7) is 4.25. The van der Waals surface area contributed by atoms with Gasteiger partial charge in [-0.3, -0.25) is 4.79 Å². The van der Waals surface area contributed by atoms with Crippen molar-refractivity contribution < 1.29 is 5.11 Å². The molecular formula is C9H14N2O2. The Morgan fingerprint density at radius 2 is 2.31 bits per heavy atom. The summed E-state index contributed by atoms with van der Waals surface area (Å²) in [5, 5.41) is 12.9. The maximum absolute atomic E-state index is 11.2. The van der Waals surface area contributed by atoms with Gasteiger partial charge in [0, 0.05) is 19.2 Å². The van der Waals surface area contributed by atoms with E-state index in [9.17, 15) is 4.79 Å². The fourth-order valence-corrected chi connectivity index (χ4v) is 1.03. The highest BCUT2D eigenvalue weighted by Gasteiger charge is 2.03. The monoisotopic (exact) mass is 182 g/mol. The molecule has 1 unspecified atom stereocenters. The molecule has 0 aliphatic rings. The highest BCUT2D eigenvalue weighted by molar-refractivity contribution is 4.97. The molecule has 1 aromatic rings. The van der Waals surface area contributed by atoms with E-state index < -0.39 is 0 Å². The van der Waals surface area contributed by atoms with Crippen LogP contribution in [0.5, 0.6) is 0 Å². The topological polar surface area (TPSA) is 55.1 Å². The molecule has 1 atom stereocenters. The number of aryl methyl sites for hydroxylation is 1. The molecule has 0 amide bonds. The third-order valence-electron chi connectivity index (χ3n) is 1.80. The largest absolute Gasteiger partial charge is 0.396 e. The van der Waals surface area contributed by atoms with E-state index in [1.54, 1.807) is 6.07 Å². The number of aliphatic hydroxyl groups excluding tert-OH is 1. The maximum atomic E-state index is 11.2. The first-order chi connectivity index (χ1) is 6.13. The molecule has 1 aromatic heterocycles. The summed E-state index contributed by atoms with van der Waals surface area (Å²) in [6, 6.07) is 3.18. The maximum Gasteiger partial charge on any atom is 0.266 e. The van der Waals surface area contributed by atoms with Crippen LogP contribution in [0.15, 0.2) is 16.9 Å². The van der Waals surface area contributed by atoms with Gasteiger partial charge in [-0.1, -0.05) is 6.92 Å². The second-order valence-electron chi connectivity index (χ2n) is 3.28. The van der Waals surface area contributed by atoms with Gasteiger partial charge in [0.15, 0.2) is 0 Å². The molecule has 0 bridgehead atoms. The minimum atomic E-state index is -0.120. The predicted octanol–water partition coefficient (Wildman–Crippen LogP) is 0.180. The summed E-state index contributed by atoms with van der Waals surface area (Å²) in [7, 11) is 0. The molecule has 1 heterocycles. The molecule has 4 heteroatoms. The lowest BCUT2D eigenvalue weighted by Crippen LogP contribution is -2.26. The van der Waals surface area contributed by atoms with Gasteiger partial charge in [0.2, 0.25) is 0 Å². The number of aromatic nitrogens is 2. The van der Waals surface area contributed by atoms with Crippen LogP contribution in [0.4, 0.5) is 0 Å². The predicted molar refractivity (Wildman–Crippen MR) is 49.5 cm³/mol. The number of hydrogen-bond donors (Lipinski definition) is 1. The average Bonchev–Trinajstić information content (AvgIpc) is 2.11. The molecular weight excluding hydrogens is 168 g/mol. The van der Waals surface area contributed by atoms with Gasteiger partial charge in [-0.2, -0.15) is 5.10 Å². The Bertz CT molecular complexity index is 333. The lowest BCUT2D eigenvalue weighted by Gasteiger charge is -2.09. The van der Waals surface area contributed by atoms with Crippen LogP contribution in [0.2, 0.25) is 0 Å². The van der Waals surface area contributed by atoms with Crippen molar-refractivity contribution in [3.8, 4) is 0 Å². The molecule has 0 radical (unpaired) electrons. The normalized spacial score (nSPS) is 12.8. The third kappa shape index (κ3) is 2.66. The number of hydrogen-bond acceptors (Lipinski definition) is 3. The highest BCUT2D eigenvalue weighted by atomic mass is 16.3. The van der Waals surface area contributed by atoms with Crippen LogP contribution in [-0.4, -0.2) is 21.5 Å². The van der Waals surface area contributed by atoms with E-state index >= 15 is 0 Å². The Morgan fingerprint density at radius 3 is 2.92 bits per heavy atom. The van der Waals surface area contributed by atoms with Crippen molar-refractivity contribution in [2.75, 3.05) is 6.61 Å². The van der Waals surface area contributed by atoms with E-state index in [2.05, 4.69) is 5.10 Å². The lowest BCUT2D eigenvalue weighted by molar-refractivity contribution is 0.217. The van der Waals surface area contributed by atoms with Crippen LogP contribution in [0.25, 0.3) is 0 Å². The van der Waals surface area contributed by atoms with Gasteiger partial charge >= 0.3 is 0 Å². The standard InChI is InChI=1S/C9H14N2O2/c1-7(6-12)5-11-9(13)4-3-8(2)10-11/h3-4,7,12H,5-6H2,1-2H3. The molecule has 0 spiro atoms. The zero-order valence-electron chi connectivity index (χ0n) is 7.90. The van der Waals surface area contributed by atoms with E-state index in [1.807, 2.05) is 13.8 Å². The van der Waals surface area contributed by atoms with Gasteiger partial charge in [0.05, 0.1) is 5.69 Å². The average molecular weight is 182 g/mol. The fraction of sp³-hybridized carbons (Fsp3) is 0.556. The fourth-order valence-electron chi connectivity index (χ4n) is 1.03. The third-order valence-corrected chi connectivity index (χ3v) is 1.80. The van der Waals surface area contributed by atoms with Crippen molar-refractivity contribution in [2.45, 2.75) is 20.4 Å². The highest BCUT2D eigenvalue weighted by Crippen LogP contribution is 1.95. The van der Waals surface area contributed by atoms with E-state index in [0.717, 1.165) is 5.69 Å². The smallest absolute Gasteiger partial charge is 0.266 e. The summed E-state index contributed by atoms with van der Waals surface area (Å²) < 4.78 is 1.39. The molecule has 0 aliphatic heterocycles. The first-order valence-electron chi connectivity index (χ1n) is 4.29. The second kappa shape index (κ2) is 4.18. The van der Waals surface area contributed by atoms with Crippen molar-refractivity contribution in [1.29, 1.82) is 0 Å². The van der Waals surface area contributed by atoms with Crippen LogP contribution in [0.3, 0.4) is 0 Å². The van der Waals surface area contributed by atoms with Crippen molar-refractivity contribution in [1.82, 2.24) is 9.78 Å². The molecule has 4 nitrogen and oxygen atoms in total. The molecule has 13 heavy (non-hydrogen) atoms. The quantitative estimate of drug-likeness (QED) is 0.725. The minimum absolute atomic E-state index is 0.0620. The van der Waals surface area contributed by atoms with Crippen LogP contribution < -0.4 is 5.56 Å². The molecule has 0 saturated heterocycles. The van der Waals surface area contributed by atoms with Crippen molar-refractivity contribution >= 4 is 0 Å². The van der Waals surface area contributed by atoms with Crippen molar-refractivity contribution in [3.05, 3.63) is 28.2 Å². The molecule has 1 N–H and O–H groups in total. The summed E-state index contributed by atoms with van der Waals surface area (Å²) in [5.74, 6) is 0.0620. The van der Waals surface area contributed by atoms with E-state index in [4.69, 9.17) is 5.11 Å². The Hall–Kier alpha value is -1.16.